The van der Waals surface area contributed by atoms with Crippen LogP contribution >= 0.6 is 0 Å². The quantitative estimate of drug-likeness (QED) is 0.621. The lowest BCUT2D eigenvalue weighted by Gasteiger charge is -2.17. The Morgan fingerprint density at radius 2 is 1.90 bits per heavy atom. The average Bonchev–Trinajstić information content (AvgIpc) is 3.36. The summed E-state index contributed by atoms with van der Waals surface area (Å²) in [5, 5.41) is 0.954. The molecule has 0 saturated heterocycles. The van der Waals surface area contributed by atoms with Crippen molar-refractivity contribution in [3.8, 4) is 11.5 Å². The molecule has 3 aromatic rings. The number of benzene rings is 2. The van der Waals surface area contributed by atoms with Crippen molar-refractivity contribution in [2.24, 2.45) is 0 Å². The fourth-order valence-corrected chi connectivity index (χ4v) is 3.89. The predicted molar refractivity (Wildman–Crippen MR) is 110 cm³/mol. The first-order valence-corrected chi connectivity index (χ1v) is 9.86. The maximum atomic E-state index is 13.0. The Labute approximate surface area is 173 Å². The molecule has 1 unspecified atom stereocenters. The van der Waals surface area contributed by atoms with Gasteiger partial charge in [-0.3, -0.25) is 4.79 Å². The summed E-state index contributed by atoms with van der Waals surface area (Å²) in [6.45, 7) is 4.24. The lowest BCUT2D eigenvalue weighted by atomic mass is 9.91. The topological polar surface area (TPSA) is 86.9 Å². The summed E-state index contributed by atoms with van der Waals surface area (Å²) in [6.07, 6.45) is 0.702. The van der Waals surface area contributed by atoms with Crippen LogP contribution in [0.15, 0.2) is 36.4 Å². The van der Waals surface area contributed by atoms with Gasteiger partial charge < -0.3 is 23.9 Å². The fraction of sp³-hybridized carbons (Fsp3) is 0.304. The van der Waals surface area contributed by atoms with E-state index in [2.05, 4.69) is 4.98 Å². The molecule has 1 aliphatic rings. The van der Waals surface area contributed by atoms with E-state index in [1.807, 2.05) is 25.1 Å². The molecule has 1 aromatic heterocycles. The van der Waals surface area contributed by atoms with Gasteiger partial charge in [0.05, 0.1) is 19.3 Å². The van der Waals surface area contributed by atoms with E-state index in [9.17, 15) is 9.59 Å². The zero-order chi connectivity index (χ0) is 21.3. The number of methoxy groups -OCH3 is 1. The van der Waals surface area contributed by atoms with Gasteiger partial charge in [0.2, 0.25) is 6.79 Å². The first-order valence-electron chi connectivity index (χ1n) is 9.86. The number of carbonyl (C=O) groups is 2. The van der Waals surface area contributed by atoms with E-state index in [0.29, 0.717) is 23.5 Å². The number of fused-ring (bicyclic) bond motifs is 2. The van der Waals surface area contributed by atoms with Crippen molar-refractivity contribution in [2.75, 3.05) is 20.5 Å². The minimum absolute atomic E-state index is 0.158. The van der Waals surface area contributed by atoms with Crippen molar-refractivity contribution >= 4 is 22.8 Å². The summed E-state index contributed by atoms with van der Waals surface area (Å²) in [7, 11) is 1.35. The number of aryl methyl sites for hydroxylation is 1. The molecule has 2 aromatic carbocycles. The van der Waals surface area contributed by atoms with Gasteiger partial charge >= 0.3 is 11.9 Å². The van der Waals surface area contributed by atoms with Crippen LogP contribution in [0, 0.1) is 0 Å². The number of rotatable bonds is 6. The number of aromatic nitrogens is 1. The van der Waals surface area contributed by atoms with Gasteiger partial charge in [-0.2, -0.15) is 0 Å². The molecule has 0 fully saturated rings. The van der Waals surface area contributed by atoms with Crippen LogP contribution in [-0.2, 0) is 20.7 Å². The van der Waals surface area contributed by atoms with Crippen molar-refractivity contribution in [2.45, 2.75) is 26.2 Å². The van der Waals surface area contributed by atoms with Crippen LogP contribution in [0.4, 0.5) is 0 Å². The summed E-state index contributed by atoms with van der Waals surface area (Å²) in [5.41, 5.74) is 3.69. The third kappa shape index (κ3) is 3.36. The molecule has 1 aliphatic heterocycles. The molecule has 4 rings (SSSR count). The minimum Gasteiger partial charge on any atom is -0.465 e. The summed E-state index contributed by atoms with van der Waals surface area (Å²) in [6, 6.07) is 10.8. The number of hydrogen-bond donors (Lipinski definition) is 1. The van der Waals surface area contributed by atoms with Gasteiger partial charge in [0.15, 0.2) is 11.5 Å². The normalized spacial score (nSPS) is 13.3. The molecular weight excluding hydrogens is 386 g/mol. The first kappa shape index (κ1) is 19.8. The van der Waals surface area contributed by atoms with Crippen LogP contribution in [0.2, 0.25) is 0 Å². The molecule has 7 nitrogen and oxygen atoms in total. The van der Waals surface area contributed by atoms with Gasteiger partial charge in [0.1, 0.15) is 5.92 Å². The van der Waals surface area contributed by atoms with Gasteiger partial charge in [-0.25, -0.2) is 4.79 Å². The Bertz CT molecular complexity index is 1120. The highest BCUT2D eigenvalue weighted by Gasteiger charge is 2.30. The van der Waals surface area contributed by atoms with Gasteiger partial charge in [0.25, 0.3) is 0 Å². The van der Waals surface area contributed by atoms with Crippen molar-refractivity contribution in [1.82, 2.24) is 4.98 Å². The Balaban J connectivity index is 1.87. The number of nitrogens with one attached hydrogen (secondary N) is 1. The Morgan fingerprint density at radius 1 is 1.10 bits per heavy atom. The molecular formula is C23H23NO6. The van der Waals surface area contributed by atoms with Gasteiger partial charge in [-0.1, -0.05) is 19.1 Å². The van der Waals surface area contributed by atoms with Gasteiger partial charge in [-0.15, -0.1) is 0 Å². The van der Waals surface area contributed by atoms with Gasteiger partial charge in [-0.05, 0) is 48.7 Å². The van der Waals surface area contributed by atoms with E-state index in [-0.39, 0.29) is 19.4 Å². The number of esters is 2. The van der Waals surface area contributed by atoms with Crippen molar-refractivity contribution < 1.29 is 28.5 Å². The molecule has 0 spiro atoms. The molecule has 0 amide bonds. The zero-order valence-electron chi connectivity index (χ0n) is 17.1. The van der Waals surface area contributed by atoms with E-state index in [1.165, 1.54) is 7.11 Å². The van der Waals surface area contributed by atoms with Crippen LogP contribution in [0.1, 0.15) is 46.9 Å². The second kappa shape index (κ2) is 8.10. The van der Waals surface area contributed by atoms with E-state index < -0.39 is 11.9 Å². The number of H-pyrrole nitrogens is 1. The van der Waals surface area contributed by atoms with E-state index in [4.69, 9.17) is 18.9 Å². The SMILES string of the molecule is CCOC(=O)C(c1ccc2c(c1)OCO2)c1[nH]c2cc(C(=O)OC)ccc2c1CC. The molecule has 156 valence electrons. The molecule has 2 heterocycles. The predicted octanol–water partition coefficient (Wildman–Crippen LogP) is 3.94. The minimum atomic E-state index is -0.664. The molecule has 7 heteroatoms. The Hall–Kier alpha value is -3.48. The number of carbonyl (C=O) groups excluding carboxylic acids is 2. The van der Waals surface area contributed by atoms with Crippen molar-refractivity contribution in [3.05, 3.63) is 58.8 Å². The number of ether oxygens (including phenoxy) is 4. The first-order chi connectivity index (χ1) is 14.6. The smallest absolute Gasteiger partial charge is 0.337 e. The third-order valence-electron chi connectivity index (χ3n) is 5.25. The molecule has 0 aliphatic carbocycles. The van der Waals surface area contributed by atoms with E-state index in [0.717, 1.165) is 27.7 Å². The highest BCUT2D eigenvalue weighted by atomic mass is 16.7. The number of hydrogen-bond acceptors (Lipinski definition) is 6. The highest BCUT2D eigenvalue weighted by molar-refractivity contribution is 5.96. The van der Waals surface area contributed by atoms with Gasteiger partial charge in [0, 0.05) is 16.6 Å². The molecule has 1 N–H and O–H groups in total. The number of aromatic amines is 1. The summed E-state index contributed by atoms with van der Waals surface area (Å²) >= 11 is 0. The van der Waals surface area contributed by atoms with Crippen LogP contribution < -0.4 is 9.47 Å². The molecule has 1 atom stereocenters. The Kier molecular flexibility index (Phi) is 5.35. The highest BCUT2D eigenvalue weighted by Crippen LogP contribution is 2.39. The zero-order valence-corrected chi connectivity index (χ0v) is 17.1. The summed E-state index contributed by atoms with van der Waals surface area (Å²) in [5.74, 6) is -0.182. The third-order valence-corrected chi connectivity index (χ3v) is 5.25. The van der Waals surface area contributed by atoms with Crippen LogP contribution in [0.5, 0.6) is 11.5 Å². The fourth-order valence-electron chi connectivity index (χ4n) is 3.89. The summed E-state index contributed by atoms with van der Waals surface area (Å²) < 4.78 is 21.1. The molecule has 0 saturated carbocycles. The maximum Gasteiger partial charge on any atom is 0.337 e. The summed E-state index contributed by atoms with van der Waals surface area (Å²) in [4.78, 5) is 28.3. The van der Waals surface area contributed by atoms with Crippen LogP contribution in [-0.4, -0.2) is 37.4 Å². The van der Waals surface area contributed by atoms with Crippen LogP contribution in [0.25, 0.3) is 10.9 Å². The Morgan fingerprint density at radius 3 is 2.63 bits per heavy atom. The average molecular weight is 409 g/mol. The molecule has 0 bridgehead atoms. The molecule has 0 radical (unpaired) electrons. The standard InChI is InChI=1S/C23H23NO6/c1-4-15-16-8-6-14(22(25)27-3)10-17(16)24-21(15)20(23(26)28-5-2)13-7-9-18-19(11-13)30-12-29-18/h6-11,20,24H,4-5,12H2,1-3H3. The van der Waals surface area contributed by atoms with E-state index in [1.54, 1.807) is 25.1 Å². The van der Waals surface area contributed by atoms with Crippen molar-refractivity contribution in [1.29, 1.82) is 0 Å². The second-order valence-electron chi connectivity index (χ2n) is 6.92. The monoisotopic (exact) mass is 409 g/mol. The van der Waals surface area contributed by atoms with E-state index >= 15 is 0 Å². The lowest BCUT2D eigenvalue weighted by Crippen LogP contribution is -2.19. The molecule has 30 heavy (non-hydrogen) atoms. The van der Waals surface area contributed by atoms with Crippen molar-refractivity contribution in [3.63, 3.8) is 0 Å². The lowest BCUT2D eigenvalue weighted by molar-refractivity contribution is -0.143. The largest absolute Gasteiger partial charge is 0.465 e. The maximum absolute atomic E-state index is 13.0. The second-order valence-corrected chi connectivity index (χ2v) is 6.92. The van der Waals surface area contributed by atoms with Crippen LogP contribution in [0.3, 0.4) is 0 Å².